The molecule has 64 heavy (non-hydrogen) atoms. The Hall–Kier alpha value is -8.67. The molecule has 13 aromatic rings. The number of benzene rings is 9. The Morgan fingerprint density at radius 2 is 0.859 bits per heavy atom. The minimum atomic E-state index is 0.628. The highest BCUT2D eigenvalue weighted by Crippen LogP contribution is 2.41. The molecule has 5 nitrogen and oxygen atoms in total. The lowest BCUT2D eigenvalue weighted by Gasteiger charge is -2.14. The van der Waals surface area contributed by atoms with Gasteiger partial charge in [0, 0.05) is 67.0 Å². The van der Waals surface area contributed by atoms with Crippen LogP contribution in [0, 0.1) is 0 Å². The van der Waals surface area contributed by atoms with Crippen LogP contribution in [0.1, 0.15) is 0 Å². The number of rotatable bonds is 6. The number of aromatic nitrogens is 3. The summed E-state index contributed by atoms with van der Waals surface area (Å²) in [6.07, 6.45) is 3.70. The molecule has 4 aromatic heterocycles. The molecule has 0 saturated carbocycles. The monoisotopic (exact) mass is 817 g/mol. The van der Waals surface area contributed by atoms with Crippen molar-refractivity contribution in [2.24, 2.45) is 0 Å². The third-order valence-electron chi connectivity index (χ3n) is 12.6. The van der Waals surface area contributed by atoms with Crippen LogP contribution >= 0.6 is 0 Å². The molecule has 0 saturated heterocycles. The number of fused-ring (bicyclic) bond motifs is 10. The third-order valence-corrected chi connectivity index (χ3v) is 12.6. The molecular weight excluding hydrogens is 783 g/mol. The lowest BCUT2D eigenvalue weighted by atomic mass is 9.93. The summed E-state index contributed by atoms with van der Waals surface area (Å²) in [6.45, 7) is 0. The highest BCUT2D eigenvalue weighted by atomic mass is 16.3. The van der Waals surface area contributed by atoms with Gasteiger partial charge in [0.2, 0.25) is 0 Å². The van der Waals surface area contributed by atoms with E-state index in [9.17, 15) is 0 Å². The van der Waals surface area contributed by atoms with Crippen LogP contribution in [0.25, 0.3) is 133 Å². The minimum Gasteiger partial charge on any atom is -0.455 e. The van der Waals surface area contributed by atoms with E-state index in [1.165, 1.54) is 0 Å². The van der Waals surface area contributed by atoms with Gasteiger partial charge < -0.3 is 8.83 Å². The maximum atomic E-state index is 6.56. The van der Waals surface area contributed by atoms with Crippen molar-refractivity contribution in [3.63, 3.8) is 0 Å². The predicted molar refractivity (Wildman–Crippen MR) is 262 cm³/mol. The smallest absolute Gasteiger partial charge is 0.160 e. The normalized spacial score (nSPS) is 11.8. The van der Waals surface area contributed by atoms with Gasteiger partial charge in [-0.3, -0.25) is 4.98 Å². The molecule has 0 unspecified atom stereocenters. The van der Waals surface area contributed by atoms with Gasteiger partial charge in [-0.1, -0.05) is 133 Å². The highest BCUT2D eigenvalue weighted by Gasteiger charge is 2.19. The Kier molecular flexibility index (Phi) is 8.15. The van der Waals surface area contributed by atoms with Gasteiger partial charge in [0.1, 0.15) is 22.3 Å². The number of hydrogen-bond acceptors (Lipinski definition) is 5. The molecule has 0 radical (unpaired) electrons. The van der Waals surface area contributed by atoms with Gasteiger partial charge in [0.15, 0.2) is 5.82 Å². The fourth-order valence-electron chi connectivity index (χ4n) is 9.41. The van der Waals surface area contributed by atoms with E-state index in [4.69, 9.17) is 18.8 Å². The standard InChI is InChI=1S/C59H35N3O2/c1-2-13-38(14-3-1)53-34-54(48-19-9-8-16-45(48)41-15-10-28-60-35-41)62-59(61-53)44-30-42(39-22-26-55-51(32-39)49-24-20-36-11-4-6-17-46(36)57(49)63-55)29-43(31-44)40-23-27-56-52(33-40)50-25-21-37-12-5-7-18-47(37)58(50)64-56/h1-35H. The van der Waals surface area contributed by atoms with Crippen molar-refractivity contribution in [1.29, 1.82) is 0 Å². The summed E-state index contributed by atoms with van der Waals surface area (Å²) in [7, 11) is 0. The first-order chi connectivity index (χ1) is 31.7. The van der Waals surface area contributed by atoms with Crippen LogP contribution in [0.4, 0.5) is 0 Å². The van der Waals surface area contributed by atoms with Crippen molar-refractivity contribution in [2.75, 3.05) is 0 Å². The molecule has 0 aliphatic heterocycles. The average Bonchev–Trinajstić information content (AvgIpc) is 3.95. The Balaban J connectivity index is 1.04. The zero-order valence-corrected chi connectivity index (χ0v) is 34.4. The van der Waals surface area contributed by atoms with Gasteiger partial charge in [-0.15, -0.1) is 0 Å². The fraction of sp³-hybridized carbons (Fsp3) is 0. The summed E-state index contributed by atoms with van der Waals surface area (Å²) >= 11 is 0. The molecule has 298 valence electrons. The van der Waals surface area contributed by atoms with E-state index < -0.39 is 0 Å². The van der Waals surface area contributed by atoms with Crippen LogP contribution in [0.5, 0.6) is 0 Å². The Labute approximate surface area is 367 Å². The second-order valence-corrected chi connectivity index (χ2v) is 16.4. The van der Waals surface area contributed by atoms with Crippen molar-refractivity contribution in [2.45, 2.75) is 0 Å². The Bertz CT molecular complexity index is 3790. The van der Waals surface area contributed by atoms with E-state index in [0.29, 0.717) is 5.82 Å². The van der Waals surface area contributed by atoms with E-state index in [-0.39, 0.29) is 0 Å². The second-order valence-electron chi connectivity index (χ2n) is 16.4. The molecule has 0 N–H and O–H groups in total. The van der Waals surface area contributed by atoms with E-state index in [0.717, 1.165) is 127 Å². The first-order valence-electron chi connectivity index (χ1n) is 21.5. The summed E-state index contributed by atoms with van der Waals surface area (Å²) in [5.74, 6) is 0.628. The minimum absolute atomic E-state index is 0.628. The van der Waals surface area contributed by atoms with Crippen LogP contribution in [-0.4, -0.2) is 15.0 Å². The molecule has 0 bridgehead atoms. The van der Waals surface area contributed by atoms with Crippen LogP contribution in [0.3, 0.4) is 0 Å². The maximum absolute atomic E-state index is 6.56. The topological polar surface area (TPSA) is 65.0 Å². The largest absolute Gasteiger partial charge is 0.455 e. The molecule has 0 aliphatic rings. The molecule has 5 heteroatoms. The zero-order valence-electron chi connectivity index (χ0n) is 34.4. The summed E-state index contributed by atoms with van der Waals surface area (Å²) in [5.41, 5.74) is 14.4. The molecule has 13 rings (SSSR count). The van der Waals surface area contributed by atoms with Crippen molar-refractivity contribution in [3.8, 4) is 67.3 Å². The average molecular weight is 818 g/mol. The van der Waals surface area contributed by atoms with Crippen LogP contribution in [0.15, 0.2) is 221 Å². The molecule has 9 aromatic carbocycles. The molecule has 0 amide bonds. The molecule has 0 fully saturated rings. The third kappa shape index (κ3) is 5.98. The van der Waals surface area contributed by atoms with Crippen LogP contribution < -0.4 is 0 Å². The maximum Gasteiger partial charge on any atom is 0.160 e. The Morgan fingerprint density at radius 3 is 1.48 bits per heavy atom. The van der Waals surface area contributed by atoms with E-state index >= 15 is 0 Å². The fourth-order valence-corrected chi connectivity index (χ4v) is 9.41. The van der Waals surface area contributed by atoms with Gasteiger partial charge in [0.05, 0.1) is 11.4 Å². The van der Waals surface area contributed by atoms with Crippen molar-refractivity contribution in [1.82, 2.24) is 15.0 Å². The zero-order chi connectivity index (χ0) is 42.1. The molecule has 0 atom stereocenters. The van der Waals surface area contributed by atoms with Gasteiger partial charge in [0.25, 0.3) is 0 Å². The Morgan fingerprint density at radius 1 is 0.312 bits per heavy atom. The summed E-state index contributed by atoms with van der Waals surface area (Å²) in [4.78, 5) is 15.2. The first-order valence-corrected chi connectivity index (χ1v) is 21.5. The lowest BCUT2D eigenvalue weighted by molar-refractivity contribution is 0.672. The van der Waals surface area contributed by atoms with Crippen molar-refractivity contribution >= 4 is 65.4 Å². The SMILES string of the molecule is c1ccc(-c2cc(-c3ccccc3-c3cccnc3)nc(-c3cc(-c4ccc5oc6c7ccccc7ccc6c5c4)cc(-c4ccc5oc6c7ccccc7ccc6c5c4)c3)n2)cc1. The van der Waals surface area contributed by atoms with Crippen molar-refractivity contribution < 1.29 is 8.83 Å². The van der Waals surface area contributed by atoms with Gasteiger partial charge >= 0.3 is 0 Å². The quantitative estimate of drug-likeness (QED) is 0.167. The number of nitrogens with zero attached hydrogens (tertiary/aromatic N) is 3. The van der Waals surface area contributed by atoms with Crippen molar-refractivity contribution in [3.05, 3.63) is 213 Å². The molecule has 0 aliphatic carbocycles. The van der Waals surface area contributed by atoms with E-state index in [2.05, 4.69) is 193 Å². The lowest BCUT2D eigenvalue weighted by Crippen LogP contribution is -1.98. The predicted octanol–water partition coefficient (Wildman–Crippen LogP) is 16.0. The number of furan rings is 2. The molecule has 0 spiro atoms. The number of pyridine rings is 1. The van der Waals surface area contributed by atoms with Gasteiger partial charge in [-0.25, -0.2) is 9.97 Å². The van der Waals surface area contributed by atoms with E-state index in [1.54, 1.807) is 6.20 Å². The van der Waals surface area contributed by atoms with E-state index in [1.807, 2.05) is 18.3 Å². The first kappa shape index (κ1) is 36.0. The second kappa shape index (κ2) is 14.5. The summed E-state index contributed by atoms with van der Waals surface area (Å²) in [6, 6.07) is 70.1. The molecule has 4 heterocycles. The van der Waals surface area contributed by atoms with Gasteiger partial charge in [-0.05, 0) is 105 Å². The summed E-state index contributed by atoms with van der Waals surface area (Å²) < 4.78 is 13.1. The highest BCUT2D eigenvalue weighted by molar-refractivity contribution is 6.17. The van der Waals surface area contributed by atoms with Crippen LogP contribution in [-0.2, 0) is 0 Å². The van der Waals surface area contributed by atoms with Gasteiger partial charge in [-0.2, -0.15) is 0 Å². The summed E-state index contributed by atoms with van der Waals surface area (Å²) in [5, 5.41) is 8.84. The molecular formula is C59H35N3O2. The number of hydrogen-bond donors (Lipinski definition) is 0. The van der Waals surface area contributed by atoms with Crippen LogP contribution in [0.2, 0.25) is 0 Å².